The number of amides is 1. The van der Waals surface area contributed by atoms with Gasteiger partial charge in [-0.05, 0) is 12.3 Å². The fourth-order valence-electron chi connectivity index (χ4n) is 2.76. The predicted octanol–water partition coefficient (Wildman–Crippen LogP) is 0.138. The molecule has 2 fully saturated rings. The van der Waals surface area contributed by atoms with Crippen molar-refractivity contribution >= 4 is 5.91 Å². The average molecular weight is 259 g/mol. The molecule has 19 heavy (non-hydrogen) atoms. The molecule has 6 nitrogen and oxygen atoms in total. The summed E-state index contributed by atoms with van der Waals surface area (Å²) in [7, 11) is 0. The zero-order valence-electron chi connectivity index (χ0n) is 10.7. The second kappa shape index (κ2) is 5.02. The van der Waals surface area contributed by atoms with E-state index in [-0.39, 0.29) is 5.91 Å². The fraction of sp³-hybridized carbons (Fsp3) is 0.615. The maximum Gasteiger partial charge on any atom is 0.220 e. The molecule has 3 rings (SSSR count). The van der Waals surface area contributed by atoms with Gasteiger partial charge in [-0.1, -0.05) is 0 Å². The van der Waals surface area contributed by atoms with E-state index < -0.39 is 0 Å². The van der Waals surface area contributed by atoms with Crippen LogP contribution in [0.4, 0.5) is 0 Å². The van der Waals surface area contributed by atoms with Gasteiger partial charge in [0.2, 0.25) is 5.91 Å². The monoisotopic (exact) mass is 259 g/mol. The molecule has 0 aromatic carbocycles. The van der Waals surface area contributed by atoms with E-state index in [2.05, 4.69) is 21.4 Å². The van der Waals surface area contributed by atoms with Crippen LogP contribution in [0.5, 0.6) is 0 Å². The van der Waals surface area contributed by atoms with Crippen LogP contribution in [0.15, 0.2) is 12.4 Å². The van der Waals surface area contributed by atoms with Crippen LogP contribution in [0.1, 0.15) is 24.4 Å². The molecule has 0 spiro atoms. The molecule has 2 saturated heterocycles. The third-order valence-electron chi connectivity index (χ3n) is 3.93. The molecular weight excluding hydrogens is 242 g/mol. The minimum atomic E-state index is 0.179. The van der Waals surface area contributed by atoms with Crippen LogP contribution in [0, 0.1) is 17.2 Å². The first-order valence-electron chi connectivity index (χ1n) is 6.68. The van der Waals surface area contributed by atoms with Gasteiger partial charge in [0.15, 0.2) is 0 Å². The van der Waals surface area contributed by atoms with Gasteiger partial charge < -0.3 is 5.32 Å². The van der Waals surface area contributed by atoms with E-state index in [9.17, 15) is 4.79 Å². The van der Waals surface area contributed by atoms with Crippen LogP contribution in [0.25, 0.3) is 0 Å². The second-order valence-electron chi connectivity index (χ2n) is 5.40. The summed E-state index contributed by atoms with van der Waals surface area (Å²) in [6.07, 6.45) is 5.07. The number of hydrogen-bond donors (Lipinski definition) is 1. The summed E-state index contributed by atoms with van der Waals surface area (Å²) in [5.41, 5.74) is 0.619. The maximum atomic E-state index is 11.1. The van der Waals surface area contributed by atoms with Gasteiger partial charge in [0.1, 0.15) is 6.07 Å². The molecule has 1 unspecified atom stereocenters. The van der Waals surface area contributed by atoms with Crippen molar-refractivity contribution in [1.82, 2.24) is 20.0 Å². The Labute approximate surface area is 112 Å². The standard InChI is InChI=1S/C13H17N5O/c14-3-11-5-16-18(7-11)12-8-17(9-12)6-10-1-2-13(19)15-4-10/h5,7,10,12H,1-2,4,6,8-9H2,(H,15,19). The molecule has 0 radical (unpaired) electrons. The van der Waals surface area contributed by atoms with Crippen molar-refractivity contribution in [2.75, 3.05) is 26.2 Å². The van der Waals surface area contributed by atoms with Gasteiger partial charge in [-0.15, -0.1) is 0 Å². The SMILES string of the molecule is N#Cc1cnn(C2CN(CC3CCC(=O)NC3)C2)c1. The van der Waals surface area contributed by atoms with Crippen molar-refractivity contribution in [2.45, 2.75) is 18.9 Å². The minimum absolute atomic E-state index is 0.179. The van der Waals surface area contributed by atoms with Gasteiger partial charge in [-0.3, -0.25) is 14.4 Å². The molecule has 1 aromatic heterocycles. The fourth-order valence-corrected chi connectivity index (χ4v) is 2.76. The zero-order valence-corrected chi connectivity index (χ0v) is 10.7. The molecule has 1 N–H and O–H groups in total. The molecule has 0 saturated carbocycles. The van der Waals surface area contributed by atoms with Crippen molar-refractivity contribution in [1.29, 1.82) is 5.26 Å². The lowest BCUT2D eigenvalue weighted by molar-refractivity contribution is -0.123. The Bertz CT molecular complexity index is 501. The van der Waals surface area contributed by atoms with E-state index in [0.717, 1.165) is 32.6 Å². The Morgan fingerprint density at radius 3 is 3.00 bits per heavy atom. The maximum absolute atomic E-state index is 11.1. The van der Waals surface area contributed by atoms with Crippen LogP contribution in [0.3, 0.4) is 0 Å². The highest BCUT2D eigenvalue weighted by Crippen LogP contribution is 2.23. The first-order valence-corrected chi connectivity index (χ1v) is 6.68. The molecule has 1 atom stereocenters. The van der Waals surface area contributed by atoms with Gasteiger partial charge in [-0.2, -0.15) is 10.4 Å². The Hall–Kier alpha value is -1.87. The van der Waals surface area contributed by atoms with Crippen LogP contribution in [-0.4, -0.2) is 46.8 Å². The molecule has 100 valence electrons. The van der Waals surface area contributed by atoms with Gasteiger partial charge in [0.05, 0.1) is 17.8 Å². The number of piperidine rings is 1. The van der Waals surface area contributed by atoms with Crippen molar-refractivity contribution < 1.29 is 4.79 Å². The number of carbonyl (C=O) groups is 1. The quantitative estimate of drug-likeness (QED) is 0.838. The Morgan fingerprint density at radius 2 is 2.37 bits per heavy atom. The molecule has 2 aliphatic rings. The molecule has 3 heterocycles. The largest absolute Gasteiger partial charge is 0.356 e. The molecule has 0 aliphatic carbocycles. The van der Waals surface area contributed by atoms with Crippen LogP contribution >= 0.6 is 0 Å². The van der Waals surface area contributed by atoms with E-state index in [1.165, 1.54) is 0 Å². The number of likely N-dealkylation sites (tertiary alicyclic amines) is 1. The number of nitriles is 1. The minimum Gasteiger partial charge on any atom is -0.356 e. The van der Waals surface area contributed by atoms with E-state index >= 15 is 0 Å². The van der Waals surface area contributed by atoms with Gasteiger partial charge in [0.25, 0.3) is 0 Å². The normalized spacial score (nSPS) is 24.6. The average Bonchev–Trinajstić information content (AvgIpc) is 2.84. The summed E-state index contributed by atoms with van der Waals surface area (Å²) in [5.74, 6) is 0.754. The van der Waals surface area contributed by atoms with Crippen LogP contribution in [0.2, 0.25) is 0 Å². The van der Waals surface area contributed by atoms with Crippen molar-refractivity contribution in [3.05, 3.63) is 18.0 Å². The van der Waals surface area contributed by atoms with E-state index in [4.69, 9.17) is 5.26 Å². The second-order valence-corrected chi connectivity index (χ2v) is 5.40. The highest BCUT2D eigenvalue weighted by Gasteiger charge is 2.31. The summed E-state index contributed by atoms with van der Waals surface area (Å²) in [6, 6.07) is 2.48. The highest BCUT2D eigenvalue weighted by molar-refractivity contribution is 5.76. The summed E-state index contributed by atoms with van der Waals surface area (Å²) in [6.45, 7) is 3.82. The Kier molecular flexibility index (Phi) is 3.22. The number of carbonyl (C=O) groups excluding carboxylic acids is 1. The third kappa shape index (κ3) is 2.61. The lowest BCUT2D eigenvalue weighted by Gasteiger charge is -2.41. The molecular formula is C13H17N5O. The smallest absolute Gasteiger partial charge is 0.220 e. The van der Waals surface area contributed by atoms with Gasteiger partial charge in [0, 0.05) is 38.8 Å². The van der Waals surface area contributed by atoms with Crippen LogP contribution < -0.4 is 5.32 Å². The lowest BCUT2D eigenvalue weighted by Crippen LogP contribution is -2.51. The Balaban J connectivity index is 1.45. The molecule has 6 heteroatoms. The van der Waals surface area contributed by atoms with Crippen LogP contribution in [-0.2, 0) is 4.79 Å². The topological polar surface area (TPSA) is 74.0 Å². The van der Waals surface area contributed by atoms with E-state index in [1.54, 1.807) is 6.20 Å². The molecule has 0 bridgehead atoms. The van der Waals surface area contributed by atoms with Crippen molar-refractivity contribution in [2.24, 2.45) is 5.92 Å². The first-order chi connectivity index (χ1) is 9.24. The van der Waals surface area contributed by atoms with Crippen molar-refractivity contribution in [3.63, 3.8) is 0 Å². The molecule has 2 aliphatic heterocycles. The summed E-state index contributed by atoms with van der Waals surface area (Å²) in [5, 5.41) is 15.9. The third-order valence-corrected chi connectivity index (χ3v) is 3.93. The first kappa shape index (κ1) is 12.2. The Morgan fingerprint density at radius 1 is 1.53 bits per heavy atom. The zero-order chi connectivity index (χ0) is 13.2. The number of nitrogens with zero attached hydrogens (tertiary/aromatic N) is 4. The number of nitrogens with one attached hydrogen (secondary N) is 1. The summed E-state index contributed by atoms with van der Waals surface area (Å²) < 4.78 is 1.89. The number of hydrogen-bond acceptors (Lipinski definition) is 4. The van der Waals surface area contributed by atoms with Gasteiger partial charge >= 0.3 is 0 Å². The lowest BCUT2D eigenvalue weighted by atomic mass is 9.96. The summed E-state index contributed by atoms with van der Waals surface area (Å²) >= 11 is 0. The van der Waals surface area contributed by atoms with Gasteiger partial charge in [-0.25, -0.2) is 0 Å². The van der Waals surface area contributed by atoms with E-state index in [0.29, 0.717) is 23.9 Å². The number of rotatable bonds is 3. The molecule has 1 aromatic rings. The van der Waals surface area contributed by atoms with Crippen molar-refractivity contribution in [3.8, 4) is 6.07 Å². The number of aromatic nitrogens is 2. The summed E-state index contributed by atoms with van der Waals surface area (Å²) in [4.78, 5) is 13.5. The molecule has 1 amide bonds. The predicted molar refractivity (Wildman–Crippen MR) is 68.2 cm³/mol. The highest BCUT2D eigenvalue weighted by atomic mass is 16.1. The van der Waals surface area contributed by atoms with E-state index in [1.807, 2.05) is 10.9 Å².